The molecule has 1 rings (SSSR count). The maximum Gasteiger partial charge on any atom is 0.436 e. The van der Waals surface area contributed by atoms with E-state index in [9.17, 15) is 30.7 Å². The molecule has 0 aliphatic carbocycles. The Morgan fingerprint density at radius 2 is 1.24 bits per heavy atom. The smallest absolute Gasteiger partial charge is 0.398 e. The van der Waals surface area contributed by atoms with Gasteiger partial charge in [-0.3, -0.25) is 0 Å². The van der Waals surface area contributed by atoms with Gasteiger partial charge in [-0.15, -0.1) is 0 Å². The minimum Gasteiger partial charge on any atom is -0.398 e. The van der Waals surface area contributed by atoms with E-state index in [0.29, 0.717) is 6.07 Å². The van der Waals surface area contributed by atoms with E-state index < -0.39 is 34.7 Å². The third kappa shape index (κ3) is 2.94. The normalized spacial score (nSPS) is 14.4. The molecule has 0 aliphatic rings. The van der Waals surface area contributed by atoms with Crippen LogP contribution in [0.5, 0.6) is 0 Å². The highest BCUT2D eigenvalue weighted by Crippen LogP contribution is 2.54. The number of alkyl halides is 7. The number of anilines is 1. The largest absolute Gasteiger partial charge is 0.436 e. The molecule has 0 fully saturated rings. The number of halogens is 7. The quantitative estimate of drug-likeness (QED) is 0.581. The first-order valence-corrected chi connectivity index (χ1v) is 5.85. The van der Waals surface area contributed by atoms with Crippen molar-refractivity contribution >= 4 is 5.69 Å². The summed E-state index contributed by atoms with van der Waals surface area (Å²) in [5, 5.41) is 0. The lowest BCUT2D eigenvalue weighted by Gasteiger charge is -2.32. The Morgan fingerprint density at radius 1 is 0.810 bits per heavy atom. The van der Waals surface area contributed by atoms with Gasteiger partial charge in [0.1, 0.15) is 0 Å². The van der Waals surface area contributed by atoms with E-state index in [-0.39, 0.29) is 5.56 Å². The number of nitrogen functional groups attached to an aromatic ring is 1. The lowest BCUT2D eigenvalue weighted by molar-refractivity contribution is -0.348. The van der Waals surface area contributed by atoms with Crippen LogP contribution in [0, 0.1) is 0 Å². The van der Waals surface area contributed by atoms with E-state index in [1.165, 1.54) is 6.07 Å². The zero-order valence-electron chi connectivity index (χ0n) is 11.5. The SMILES string of the molecule is CC(C)(C)c1ccc(N)c(C(F)(C(F)(F)F)C(F)(F)F)c1. The Kier molecular flexibility index (Phi) is 4.00. The van der Waals surface area contributed by atoms with Crippen LogP contribution in [-0.2, 0) is 11.1 Å². The summed E-state index contributed by atoms with van der Waals surface area (Å²) in [6, 6.07) is 2.64. The van der Waals surface area contributed by atoms with Gasteiger partial charge in [-0.05, 0) is 23.1 Å². The molecule has 8 heteroatoms. The zero-order valence-corrected chi connectivity index (χ0v) is 11.5. The van der Waals surface area contributed by atoms with Crippen LogP contribution < -0.4 is 5.73 Å². The predicted octanol–water partition coefficient (Wildman–Crippen LogP) is 4.86. The maximum absolute atomic E-state index is 14.0. The van der Waals surface area contributed by atoms with Crippen molar-refractivity contribution < 1.29 is 30.7 Å². The van der Waals surface area contributed by atoms with Gasteiger partial charge in [0.25, 0.3) is 0 Å². The van der Waals surface area contributed by atoms with Crippen molar-refractivity contribution in [1.29, 1.82) is 0 Å². The molecule has 0 heterocycles. The van der Waals surface area contributed by atoms with Gasteiger partial charge in [-0.25, -0.2) is 4.39 Å². The summed E-state index contributed by atoms with van der Waals surface area (Å²) in [5.41, 5.74) is -3.52. The van der Waals surface area contributed by atoms with Crippen LogP contribution in [0.15, 0.2) is 18.2 Å². The van der Waals surface area contributed by atoms with Crippen molar-refractivity contribution in [3.63, 3.8) is 0 Å². The van der Waals surface area contributed by atoms with E-state index in [0.717, 1.165) is 6.07 Å². The molecule has 1 nitrogen and oxygen atoms in total. The fourth-order valence-electron chi connectivity index (χ4n) is 1.79. The monoisotopic (exact) mass is 317 g/mol. The highest BCUT2D eigenvalue weighted by Gasteiger charge is 2.74. The average Bonchev–Trinajstić information content (AvgIpc) is 2.23. The van der Waals surface area contributed by atoms with E-state index in [2.05, 4.69) is 0 Å². The standard InChI is InChI=1S/C13H14F7N/c1-10(2,3)7-4-5-9(21)8(6-7)11(14,12(15,16)17)13(18,19)20/h4-6H,21H2,1-3H3. The lowest BCUT2D eigenvalue weighted by atomic mass is 9.82. The van der Waals surface area contributed by atoms with Crippen LogP contribution >= 0.6 is 0 Å². The highest BCUT2D eigenvalue weighted by atomic mass is 19.4. The van der Waals surface area contributed by atoms with Crippen LogP contribution in [-0.4, -0.2) is 12.4 Å². The highest BCUT2D eigenvalue weighted by molar-refractivity contribution is 5.54. The second kappa shape index (κ2) is 4.78. The van der Waals surface area contributed by atoms with Gasteiger partial charge in [0.05, 0.1) is 0 Å². The molecule has 1 aromatic carbocycles. The molecule has 1 aromatic rings. The molecule has 0 aromatic heterocycles. The van der Waals surface area contributed by atoms with Crippen LogP contribution in [0.3, 0.4) is 0 Å². The van der Waals surface area contributed by atoms with E-state index >= 15 is 0 Å². The van der Waals surface area contributed by atoms with Gasteiger partial charge in [0.2, 0.25) is 0 Å². The number of benzene rings is 1. The second-order valence-electron chi connectivity index (χ2n) is 5.71. The van der Waals surface area contributed by atoms with Crippen LogP contribution in [0.4, 0.5) is 36.4 Å². The van der Waals surface area contributed by atoms with Gasteiger partial charge in [-0.2, -0.15) is 26.3 Å². The molecule has 0 bridgehead atoms. The Labute approximate surface area is 116 Å². The van der Waals surface area contributed by atoms with Crippen molar-refractivity contribution in [1.82, 2.24) is 0 Å². The number of nitrogens with two attached hydrogens (primary N) is 1. The van der Waals surface area contributed by atoms with Crippen molar-refractivity contribution in [2.45, 2.75) is 44.2 Å². The van der Waals surface area contributed by atoms with E-state index in [1.54, 1.807) is 20.8 Å². The predicted molar refractivity (Wildman–Crippen MR) is 64.5 cm³/mol. The molecule has 2 N–H and O–H groups in total. The van der Waals surface area contributed by atoms with Gasteiger partial charge in [-0.1, -0.05) is 26.8 Å². The summed E-state index contributed by atoms with van der Waals surface area (Å²) < 4.78 is 90.5. The van der Waals surface area contributed by atoms with Gasteiger partial charge >= 0.3 is 18.0 Å². The summed E-state index contributed by atoms with van der Waals surface area (Å²) in [6.45, 7) is 4.72. The van der Waals surface area contributed by atoms with Crippen LogP contribution in [0.2, 0.25) is 0 Å². The first-order chi connectivity index (χ1) is 9.12. The minimum atomic E-state index is -6.17. The van der Waals surface area contributed by atoms with Gasteiger partial charge in [0, 0.05) is 11.3 Å². The van der Waals surface area contributed by atoms with Gasteiger partial charge in [0.15, 0.2) is 0 Å². The van der Waals surface area contributed by atoms with E-state index in [4.69, 9.17) is 5.73 Å². The second-order valence-corrected chi connectivity index (χ2v) is 5.71. The minimum absolute atomic E-state index is 0.113. The Bertz CT molecular complexity index is 509. The van der Waals surface area contributed by atoms with Crippen LogP contribution in [0.1, 0.15) is 31.9 Å². The lowest BCUT2D eigenvalue weighted by Crippen LogP contribution is -2.50. The molecule has 21 heavy (non-hydrogen) atoms. The molecular formula is C13H14F7N. The number of hydrogen-bond donors (Lipinski definition) is 1. The van der Waals surface area contributed by atoms with Crippen molar-refractivity contribution in [2.24, 2.45) is 0 Å². The summed E-state index contributed by atoms with van der Waals surface area (Å²) in [4.78, 5) is 0. The molecular weight excluding hydrogens is 303 g/mol. The summed E-state index contributed by atoms with van der Waals surface area (Å²) in [5.74, 6) is 0. The Morgan fingerprint density at radius 3 is 1.57 bits per heavy atom. The molecule has 0 saturated carbocycles. The Balaban J connectivity index is 3.69. The molecule has 120 valence electrons. The molecule has 0 radical (unpaired) electrons. The van der Waals surface area contributed by atoms with E-state index in [1.807, 2.05) is 0 Å². The molecule has 0 unspecified atom stereocenters. The van der Waals surface area contributed by atoms with Crippen molar-refractivity contribution in [3.8, 4) is 0 Å². The fourth-order valence-corrected chi connectivity index (χ4v) is 1.79. The van der Waals surface area contributed by atoms with Crippen molar-refractivity contribution in [3.05, 3.63) is 29.3 Å². The third-order valence-electron chi connectivity index (χ3n) is 3.07. The first-order valence-electron chi connectivity index (χ1n) is 5.85. The molecule has 0 atom stereocenters. The molecule has 0 spiro atoms. The summed E-state index contributed by atoms with van der Waals surface area (Å²) in [7, 11) is 0. The average molecular weight is 317 g/mol. The number of hydrogen-bond acceptors (Lipinski definition) is 1. The third-order valence-corrected chi connectivity index (χ3v) is 3.07. The Hall–Kier alpha value is -1.47. The van der Waals surface area contributed by atoms with Gasteiger partial charge < -0.3 is 5.73 Å². The maximum atomic E-state index is 14.0. The number of rotatable bonds is 1. The van der Waals surface area contributed by atoms with Crippen molar-refractivity contribution in [2.75, 3.05) is 5.73 Å². The topological polar surface area (TPSA) is 26.0 Å². The zero-order chi connectivity index (χ0) is 16.9. The summed E-state index contributed by atoms with van der Waals surface area (Å²) >= 11 is 0. The van der Waals surface area contributed by atoms with Crippen LogP contribution in [0.25, 0.3) is 0 Å². The molecule has 0 amide bonds. The molecule has 0 aliphatic heterocycles. The first kappa shape index (κ1) is 17.6. The molecule has 0 saturated heterocycles. The fraction of sp³-hybridized carbons (Fsp3) is 0.538. The summed E-state index contributed by atoms with van der Waals surface area (Å²) in [6.07, 6.45) is -12.3.